The Bertz CT molecular complexity index is 371. The average Bonchev–Trinajstić information content (AvgIpc) is 2.85. The minimum Gasteiger partial charge on any atom is -0.444 e. The van der Waals surface area contributed by atoms with E-state index in [1.807, 2.05) is 33.8 Å². The lowest BCUT2D eigenvalue weighted by Gasteiger charge is -2.30. The van der Waals surface area contributed by atoms with E-state index >= 15 is 0 Å². The Kier molecular flexibility index (Phi) is 5.99. The van der Waals surface area contributed by atoms with Crippen LogP contribution in [0.3, 0.4) is 0 Å². The molecule has 0 spiro atoms. The standard InChI is InChI=1S/C15H26N2O2S/c1-6-11(2)12(13(20)17-9-7-8-10-17)16-14(18)19-15(3,4)5/h6,11-12H,1,7-10H2,2-5H3,(H,16,18)/t11-,12-/m1/s1. The first-order valence-corrected chi connectivity index (χ1v) is 7.56. The summed E-state index contributed by atoms with van der Waals surface area (Å²) >= 11 is 5.55. The summed E-state index contributed by atoms with van der Waals surface area (Å²) in [5.41, 5.74) is -0.513. The molecule has 4 nitrogen and oxygen atoms in total. The molecule has 2 atom stereocenters. The van der Waals surface area contributed by atoms with Crippen LogP contribution in [0.1, 0.15) is 40.5 Å². The lowest BCUT2D eigenvalue weighted by molar-refractivity contribution is 0.0509. The highest BCUT2D eigenvalue weighted by Gasteiger charge is 2.29. The fourth-order valence-corrected chi connectivity index (χ4v) is 2.58. The Morgan fingerprint density at radius 3 is 2.40 bits per heavy atom. The first-order valence-electron chi connectivity index (χ1n) is 7.15. The van der Waals surface area contributed by atoms with Gasteiger partial charge in [-0.1, -0.05) is 25.2 Å². The average molecular weight is 298 g/mol. The number of carbonyl (C=O) groups is 1. The van der Waals surface area contributed by atoms with E-state index in [4.69, 9.17) is 17.0 Å². The predicted octanol–water partition coefficient (Wildman–Crippen LogP) is 3.13. The summed E-state index contributed by atoms with van der Waals surface area (Å²) in [4.78, 5) is 14.9. The molecule has 0 unspecified atom stereocenters. The molecule has 0 aromatic heterocycles. The third-order valence-electron chi connectivity index (χ3n) is 3.25. The zero-order valence-electron chi connectivity index (χ0n) is 12.9. The molecule has 0 aromatic carbocycles. The first kappa shape index (κ1) is 17.0. The molecule has 20 heavy (non-hydrogen) atoms. The van der Waals surface area contributed by atoms with E-state index in [0.717, 1.165) is 30.9 Å². The van der Waals surface area contributed by atoms with E-state index in [-0.39, 0.29) is 12.0 Å². The monoisotopic (exact) mass is 298 g/mol. The molecule has 1 saturated heterocycles. The van der Waals surface area contributed by atoms with Crippen molar-refractivity contribution in [1.29, 1.82) is 0 Å². The maximum absolute atomic E-state index is 12.0. The number of hydrogen-bond donors (Lipinski definition) is 1. The normalized spacial score (nSPS) is 18.3. The van der Waals surface area contributed by atoms with Crippen molar-refractivity contribution in [3.05, 3.63) is 12.7 Å². The topological polar surface area (TPSA) is 41.6 Å². The van der Waals surface area contributed by atoms with Gasteiger partial charge < -0.3 is 15.0 Å². The number of nitrogens with one attached hydrogen (secondary N) is 1. The molecule has 1 rings (SSSR count). The third-order valence-corrected chi connectivity index (χ3v) is 3.77. The minimum atomic E-state index is -0.513. The van der Waals surface area contributed by atoms with Crippen LogP contribution in [0.4, 0.5) is 4.79 Å². The summed E-state index contributed by atoms with van der Waals surface area (Å²) in [6, 6.07) is -0.240. The summed E-state index contributed by atoms with van der Waals surface area (Å²) in [5.74, 6) is 0.0654. The van der Waals surface area contributed by atoms with Gasteiger partial charge >= 0.3 is 6.09 Å². The molecule has 0 aliphatic carbocycles. The van der Waals surface area contributed by atoms with E-state index in [2.05, 4.69) is 16.8 Å². The maximum Gasteiger partial charge on any atom is 0.408 e. The number of nitrogens with zero attached hydrogens (tertiary/aromatic N) is 1. The number of rotatable bonds is 4. The van der Waals surface area contributed by atoms with Crippen LogP contribution in [-0.4, -0.2) is 40.7 Å². The summed E-state index contributed by atoms with van der Waals surface area (Å²) in [6.07, 6.45) is 3.69. The van der Waals surface area contributed by atoms with Crippen molar-refractivity contribution in [3.63, 3.8) is 0 Å². The largest absolute Gasteiger partial charge is 0.444 e. The van der Waals surface area contributed by atoms with Gasteiger partial charge in [-0.2, -0.15) is 0 Å². The number of amides is 1. The molecule has 0 bridgehead atoms. The number of thiocarbonyl (C=S) groups is 1. The second kappa shape index (κ2) is 7.07. The van der Waals surface area contributed by atoms with Gasteiger partial charge in [0.1, 0.15) is 10.6 Å². The molecule has 1 amide bonds. The molecule has 0 aromatic rings. The maximum atomic E-state index is 12.0. The number of carbonyl (C=O) groups excluding carboxylic acids is 1. The Morgan fingerprint density at radius 2 is 1.95 bits per heavy atom. The van der Waals surface area contributed by atoms with Crippen LogP contribution in [0.2, 0.25) is 0 Å². The van der Waals surface area contributed by atoms with Crippen molar-refractivity contribution >= 4 is 23.3 Å². The Hall–Kier alpha value is -1.10. The van der Waals surface area contributed by atoms with Gasteiger partial charge in [-0.3, -0.25) is 0 Å². The second-order valence-corrected chi connectivity index (χ2v) is 6.67. The van der Waals surface area contributed by atoms with Crippen LogP contribution < -0.4 is 5.32 Å². The van der Waals surface area contributed by atoms with Crippen LogP contribution in [0, 0.1) is 5.92 Å². The molecule has 114 valence electrons. The Labute approximate surface area is 127 Å². The highest BCUT2D eigenvalue weighted by atomic mass is 32.1. The summed E-state index contributed by atoms with van der Waals surface area (Å²) in [5, 5.41) is 2.89. The van der Waals surface area contributed by atoms with Crippen LogP contribution >= 0.6 is 12.2 Å². The van der Waals surface area contributed by atoms with Crippen molar-refractivity contribution < 1.29 is 9.53 Å². The lowest BCUT2D eigenvalue weighted by Crippen LogP contribution is -2.50. The molecular weight excluding hydrogens is 272 g/mol. The van der Waals surface area contributed by atoms with Crippen molar-refractivity contribution in [2.24, 2.45) is 5.92 Å². The highest BCUT2D eigenvalue weighted by Crippen LogP contribution is 2.16. The molecule has 0 saturated carbocycles. The van der Waals surface area contributed by atoms with Crippen LogP contribution in [0.25, 0.3) is 0 Å². The third kappa shape index (κ3) is 5.12. The van der Waals surface area contributed by atoms with E-state index in [1.54, 1.807) is 0 Å². The number of ether oxygens (including phenoxy) is 1. The predicted molar refractivity (Wildman–Crippen MR) is 85.9 cm³/mol. The number of likely N-dealkylation sites (tertiary alicyclic amines) is 1. The fraction of sp³-hybridized carbons (Fsp3) is 0.733. The summed E-state index contributed by atoms with van der Waals surface area (Å²) in [7, 11) is 0. The van der Waals surface area contributed by atoms with Gasteiger partial charge in [0.15, 0.2) is 0 Å². The molecule has 1 aliphatic rings. The molecule has 5 heteroatoms. The van der Waals surface area contributed by atoms with Gasteiger partial charge in [-0.15, -0.1) is 6.58 Å². The smallest absolute Gasteiger partial charge is 0.408 e. The molecule has 0 radical (unpaired) electrons. The second-order valence-electron chi connectivity index (χ2n) is 6.25. The zero-order valence-corrected chi connectivity index (χ0v) is 13.8. The van der Waals surface area contributed by atoms with Gasteiger partial charge in [0.25, 0.3) is 0 Å². The highest BCUT2D eigenvalue weighted by molar-refractivity contribution is 7.80. The number of alkyl carbamates (subject to hydrolysis) is 1. The van der Waals surface area contributed by atoms with Crippen molar-refractivity contribution in [3.8, 4) is 0 Å². The zero-order chi connectivity index (χ0) is 15.3. The van der Waals surface area contributed by atoms with Crippen LogP contribution in [0.15, 0.2) is 12.7 Å². The van der Waals surface area contributed by atoms with Crippen molar-refractivity contribution in [1.82, 2.24) is 10.2 Å². The molecule has 1 aliphatic heterocycles. The molecule has 1 heterocycles. The minimum absolute atomic E-state index is 0.0654. The first-order chi connectivity index (χ1) is 9.24. The van der Waals surface area contributed by atoms with Gasteiger partial charge in [0.2, 0.25) is 0 Å². The van der Waals surface area contributed by atoms with Crippen LogP contribution in [0.5, 0.6) is 0 Å². The summed E-state index contributed by atoms with van der Waals surface area (Å²) < 4.78 is 5.31. The van der Waals surface area contributed by atoms with E-state index < -0.39 is 11.7 Å². The van der Waals surface area contributed by atoms with E-state index in [0.29, 0.717) is 0 Å². The van der Waals surface area contributed by atoms with Crippen LogP contribution in [-0.2, 0) is 4.74 Å². The molecular formula is C15H26N2O2S. The summed E-state index contributed by atoms with van der Waals surface area (Å²) in [6.45, 7) is 13.3. The van der Waals surface area contributed by atoms with Gasteiger partial charge in [0.05, 0.1) is 6.04 Å². The van der Waals surface area contributed by atoms with Gasteiger partial charge in [-0.05, 0) is 33.6 Å². The Balaban J connectivity index is 2.71. The van der Waals surface area contributed by atoms with E-state index in [9.17, 15) is 4.79 Å². The Morgan fingerprint density at radius 1 is 1.40 bits per heavy atom. The van der Waals surface area contributed by atoms with E-state index in [1.165, 1.54) is 0 Å². The van der Waals surface area contributed by atoms with Crippen molar-refractivity contribution in [2.75, 3.05) is 13.1 Å². The number of hydrogen-bond acceptors (Lipinski definition) is 3. The van der Waals surface area contributed by atoms with Gasteiger partial charge in [-0.25, -0.2) is 4.79 Å². The molecule has 1 fully saturated rings. The SMILES string of the molecule is C=C[C@@H](C)[C@@H](NC(=O)OC(C)(C)C)C(=S)N1CCCC1. The van der Waals surface area contributed by atoms with Crippen molar-refractivity contribution in [2.45, 2.75) is 52.2 Å². The molecule has 1 N–H and O–H groups in total. The lowest BCUT2D eigenvalue weighted by atomic mass is 10.0. The fourth-order valence-electron chi connectivity index (χ4n) is 2.12. The quantitative estimate of drug-likeness (QED) is 0.639. The van der Waals surface area contributed by atoms with Gasteiger partial charge in [0, 0.05) is 19.0 Å².